The lowest BCUT2D eigenvalue weighted by Crippen LogP contribution is -2.27. The van der Waals surface area contributed by atoms with E-state index >= 15 is 0 Å². The van der Waals surface area contributed by atoms with Gasteiger partial charge in [-0.2, -0.15) is 0 Å². The fourth-order valence-corrected chi connectivity index (χ4v) is 1.73. The first kappa shape index (κ1) is 8.02. The Kier molecular flexibility index (Phi) is 3.16. The highest BCUT2D eigenvalue weighted by Crippen LogP contribution is 2.38. The molecule has 0 bridgehead atoms. The second kappa shape index (κ2) is 3.94. The average Bonchev–Trinajstić information content (AvgIpc) is 1.93. The van der Waals surface area contributed by atoms with Gasteiger partial charge < -0.3 is 10.2 Å². The molecule has 2 heteroatoms. The summed E-state index contributed by atoms with van der Waals surface area (Å²) in [5.41, 5.74) is 0. The first-order chi connectivity index (χ1) is 4.88. The van der Waals surface area contributed by atoms with Crippen molar-refractivity contribution in [1.82, 2.24) is 0 Å². The molecule has 1 fully saturated rings. The summed E-state index contributed by atoms with van der Waals surface area (Å²) in [6, 6.07) is 0. The molecule has 0 aromatic carbocycles. The second-order valence-corrected chi connectivity index (χ2v) is 3.12. The van der Waals surface area contributed by atoms with E-state index in [9.17, 15) is 0 Å². The molecule has 10 heavy (non-hydrogen) atoms. The summed E-state index contributed by atoms with van der Waals surface area (Å²) in [5, 5.41) is 17.3. The van der Waals surface area contributed by atoms with Crippen LogP contribution >= 0.6 is 0 Å². The molecule has 60 valence electrons. The van der Waals surface area contributed by atoms with Gasteiger partial charge in [0.2, 0.25) is 0 Å². The van der Waals surface area contributed by atoms with Crippen LogP contribution in [0.25, 0.3) is 0 Å². The maximum Gasteiger partial charge on any atom is 0.0433 e. The Morgan fingerprint density at radius 2 is 1.30 bits per heavy atom. The standard InChI is InChI=1S/C8H16O2/c9-5-3-7-1-2-8(7)4-6-10/h7-10H,1-6H2/t7-,8-/m0/s1. The average molecular weight is 144 g/mol. The third kappa shape index (κ3) is 1.70. The fraction of sp³-hybridized carbons (Fsp3) is 1.00. The monoisotopic (exact) mass is 144 g/mol. The minimum absolute atomic E-state index is 0.312. The van der Waals surface area contributed by atoms with Gasteiger partial charge in [0.25, 0.3) is 0 Å². The Hall–Kier alpha value is -0.0800. The number of hydrogen-bond acceptors (Lipinski definition) is 2. The van der Waals surface area contributed by atoms with Crippen LogP contribution in [0.2, 0.25) is 0 Å². The summed E-state index contributed by atoms with van der Waals surface area (Å²) in [4.78, 5) is 0. The van der Waals surface area contributed by atoms with Crippen molar-refractivity contribution in [3.05, 3.63) is 0 Å². The van der Waals surface area contributed by atoms with Gasteiger partial charge in [-0.3, -0.25) is 0 Å². The molecule has 1 saturated carbocycles. The molecule has 0 spiro atoms. The van der Waals surface area contributed by atoms with Gasteiger partial charge >= 0.3 is 0 Å². The highest BCUT2D eigenvalue weighted by Gasteiger charge is 2.28. The maximum atomic E-state index is 8.63. The van der Waals surface area contributed by atoms with Crippen LogP contribution in [0, 0.1) is 11.8 Å². The van der Waals surface area contributed by atoms with Crippen LogP contribution in [0.3, 0.4) is 0 Å². The van der Waals surface area contributed by atoms with Gasteiger partial charge in [0.15, 0.2) is 0 Å². The number of aliphatic hydroxyl groups is 2. The van der Waals surface area contributed by atoms with E-state index in [1.165, 1.54) is 12.8 Å². The number of rotatable bonds is 4. The Morgan fingerprint density at radius 1 is 0.900 bits per heavy atom. The molecule has 1 rings (SSSR count). The minimum Gasteiger partial charge on any atom is -0.396 e. The van der Waals surface area contributed by atoms with Crippen molar-refractivity contribution >= 4 is 0 Å². The van der Waals surface area contributed by atoms with Crippen molar-refractivity contribution in [3.63, 3.8) is 0 Å². The summed E-state index contributed by atoms with van der Waals surface area (Å²) < 4.78 is 0. The first-order valence-electron chi connectivity index (χ1n) is 4.10. The quantitative estimate of drug-likeness (QED) is 0.612. The summed E-state index contributed by atoms with van der Waals surface area (Å²) in [6.45, 7) is 0.624. The molecule has 1 aliphatic rings. The van der Waals surface area contributed by atoms with E-state index in [2.05, 4.69) is 0 Å². The Labute approximate surface area is 61.9 Å². The molecule has 2 N–H and O–H groups in total. The van der Waals surface area contributed by atoms with E-state index in [0.717, 1.165) is 12.8 Å². The fourth-order valence-electron chi connectivity index (χ4n) is 1.73. The normalized spacial score (nSPS) is 31.8. The maximum absolute atomic E-state index is 8.63. The Morgan fingerprint density at radius 3 is 1.50 bits per heavy atom. The van der Waals surface area contributed by atoms with Crippen LogP contribution in [-0.4, -0.2) is 23.4 Å². The van der Waals surface area contributed by atoms with Crippen LogP contribution in [0.4, 0.5) is 0 Å². The molecule has 0 radical (unpaired) electrons. The van der Waals surface area contributed by atoms with Gasteiger partial charge in [-0.05, 0) is 37.5 Å². The van der Waals surface area contributed by atoms with Crippen molar-refractivity contribution in [2.24, 2.45) is 11.8 Å². The zero-order valence-electron chi connectivity index (χ0n) is 6.29. The Balaban J connectivity index is 2.09. The molecule has 0 aromatic heterocycles. The van der Waals surface area contributed by atoms with E-state index in [1.54, 1.807) is 0 Å². The summed E-state index contributed by atoms with van der Waals surface area (Å²) >= 11 is 0. The molecule has 0 unspecified atom stereocenters. The molecular weight excluding hydrogens is 128 g/mol. The number of aliphatic hydroxyl groups excluding tert-OH is 2. The van der Waals surface area contributed by atoms with Gasteiger partial charge in [0.05, 0.1) is 0 Å². The third-order valence-electron chi connectivity index (χ3n) is 2.57. The lowest BCUT2D eigenvalue weighted by molar-refractivity contribution is 0.102. The minimum atomic E-state index is 0.312. The third-order valence-corrected chi connectivity index (χ3v) is 2.57. The summed E-state index contributed by atoms with van der Waals surface area (Å²) in [7, 11) is 0. The zero-order valence-corrected chi connectivity index (χ0v) is 6.29. The molecule has 0 heterocycles. The predicted molar refractivity (Wildman–Crippen MR) is 39.6 cm³/mol. The van der Waals surface area contributed by atoms with E-state index in [-0.39, 0.29) is 0 Å². The molecule has 0 aromatic rings. The van der Waals surface area contributed by atoms with Crippen LogP contribution in [-0.2, 0) is 0 Å². The highest BCUT2D eigenvalue weighted by atomic mass is 16.3. The van der Waals surface area contributed by atoms with Gasteiger partial charge in [0.1, 0.15) is 0 Å². The van der Waals surface area contributed by atoms with Crippen LogP contribution in [0.1, 0.15) is 25.7 Å². The van der Waals surface area contributed by atoms with Crippen molar-refractivity contribution in [3.8, 4) is 0 Å². The van der Waals surface area contributed by atoms with Crippen LogP contribution < -0.4 is 0 Å². The van der Waals surface area contributed by atoms with E-state index in [4.69, 9.17) is 10.2 Å². The van der Waals surface area contributed by atoms with Crippen molar-refractivity contribution in [2.75, 3.05) is 13.2 Å². The SMILES string of the molecule is OCC[C@@H]1CC[C@H]1CCO. The van der Waals surface area contributed by atoms with Crippen molar-refractivity contribution in [2.45, 2.75) is 25.7 Å². The molecule has 2 nitrogen and oxygen atoms in total. The van der Waals surface area contributed by atoms with Gasteiger partial charge in [-0.15, -0.1) is 0 Å². The molecular formula is C8H16O2. The van der Waals surface area contributed by atoms with Gasteiger partial charge in [-0.25, -0.2) is 0 Å². The molecule has 0 aliphatic heterocycles. The summed E-state index contributed by atoms with van der Waals surface area (Å²) in [5.74, 6) is 1.41. The second-order valence-electron chi connectivity index (χ2n) is 3.12. The van der Waals surface area contributed by atoms with Crippen molar-refractivity contribution < 1.29 is 10.2 Å². The first-order valence-corrected chi connectivity index (χ1v) is 4.10. The molecule has 2 atom stereocenters. The summed E-state index contributed by atoms with van der Waals surface area (Å²) in [6.07, 6.45) is 4.38. The molecule has 1 aliphatic carbocycles. The lowest BCUT2D eigenvalue weighted by Gasteiger charge is -2.36. The van der Waals surface area contributed by atoms with E-state index in [1.807, 2.05) is 0 Å². The van der Waals surface area contributed by atoms with Gasteiger partial charge in [-0.1, -0.05) is 0 Å². The lowest BCUT2D eigenvalue weighted by atomic mass is 9.70. The number of hydrogen-bond donors (Lipinski definition) is 2. The topological polar surface area (TPSA) is 40.5 Å². The highest BCUT2D eigenvalue weighted by molar-refractivity contribution is 4.79. The van der Waals surface area contributed by atoms with E-state index in [0.29, 0.717) is 25.0 Å². The largest absolute Gasteiger partial charge is 0.396 e. The van der Waals surface area contributed by atoms with Gasteiger partial charge in [0, 0.05) is 13.2 Å². The van der Waals surface area contributed by atoms with Crippen LogP contribution in [0.5, 0.6) is 0 Å². The smallest absolute Gasteiger partial charge is 0.0433 e. The van der Waals surface area contributed by atoms with E-state index < -0.39 is 0 Å². The zero-order chi connectivity index (χ0) is 7.40. The van der Waals surface area contributed by atoms with Crippen molar-refractivity contribution in [1.29, 1.82) is 0 Å². The molecule has 0 saturated heterocycles. The molecule has 0 amide bonds. The Bertz CT molecular complexity index is 81.3. The van der Waals surface area contributed by atoms with Crippen LogP contribution in [0.15, 0.2) is 0 Å². The predicted octanol–water partition coefficient (Wildman–Crippen LogP) is 0.777.